The number of benzene rings is 1. The third-order valence-electron chi connectivity index (χ3n) is 3.53. The fourth-order valence-corrected chi connectivity index (χ4v) is 2.23. The summed E-state index contributed by atoms with van der Waals surface area (Å²) in [5, 5.41) is 0. The normalized spacial score (nSPS) is 14.3. The first-order valence-electron chi connectivity index (χ1n) is 7.27. The maximum absolute atomic E-state index is 5.97. The summed E-state index contributed by atoms with van der Waals surface area (Å²) in [7, 11) is 3.81. The third-order valence-corrected chi connectivity index (χ3v) is 3.53. The molecule has 0 amide bonds. The monoisotopic (exact) mass is 280 g/mol. The first-order valence-corrected chi connectivity index (χ1v) is 7.27. The number of nitrogens with two attached hydrogens (primary N) is 1. The molecule has 0 bridgehead atoms. The van der Waals surface area contributed by atoms with Crippen molar-refractivity contribution in [3.63, 3.8) is 0 Å². The minimum absolute atomic E-state index is 0.172. The van der Waals surface area contributed by atoms with Crippen molar-refractivity contribution >= 4 is 0 Å². The number of methoxy groups -OCH3 is 1. The molecule has 114 valence electrons. The Bertz CT molecular complexity index is 384. The van der Waals surface area contributed by atoms with Gasteiger partial charge in [0, 0.05) is 25.7 Å². The van der Waals surface area contributed by atoms with E-state index in [1.165, 1.54) is 5.56 Å². The molecule has 0 saturated carbocycles. The van der Waals surface area contributed by atoms with E-state index in [1.807, 2.05) is 12.1 Å². The molecule has 2 atom stereocenters. The van der Waals surface area contributed by atoms with Crippen LogP contribution in [0.15, 0.2) is 24.3 Å². The zero-order valence-electron chi connectivity index (χ0n) is 13.1. The number of rotatable bonds is 9. The predicted molar refractivity (Wildman–Crippen MR) is 83.1 cm³/mol. The highest BCUT2D eigenvalue weighted by molar-refractivity contribution is 5.31. The van der Waals surface area contributed by atoms with Crippen molar-refractivity contribution < 1.29 is 9.47 Å². The highest BCUT2D eigenvalue weighted by Gasteiger charge is 2.20. The number of hydrogen-bond acceptors (Lipinski definition) is 4. The van der Waals surface area contributed by atoms with Gasteiger partial charge in [-0.15, -0.1) is 0 Å². The Balaban J connectivity index is 2.83. The van der Waals surface area contributed by atoms with Crippen molar-refractivity contribution in [1.82, 2.24) is 4.90 Å². The summed E-state index contributed by atoms with van der Waals surface area (Å²) < 4.78 is 10.9. The van der Waals surface area contributed by atoms with Crippen LogP contribution in [0.3, 0.4) is 0 Å². The third kappa shape index (κ3) is 4.78. The Morgan fingerprint density at radius 2 is 2.10 bits per heavy atom. The van der Waals surface area contributed by atoms with Gasteiger partial charge in [-0.2, -0.15) is 0 Å². The van der Waals surface area contributed by atoms with Crippen molar-refractivity contribution in [3.05, 3.63) is 29.8 Å². The van der Waals surface area contributed by atoms with Crippen LogP contribution in [0.25, 0.3) is 0 Å². The maximum Gasteiger partial charge on any atom is 0.119 e. The van der Waals surface area contributed by atoms with Gasteiger partial charge in [-0.1, -0.05) is 19.1 Å². The average Bonchev–Trinajstić information content (AvgIpc) is 2.46. The van der Waals surface area contributed by atoms with Gasteiger partial charge in [0.15, 0.2) is 0 Å². The summed E-state index contributed by atoms with van der Waals surface area (Å²) in [6.07, 6.45) is 1.01. The molecule has 4 nitrogen and oxygen atoms in total. The van der Waals surface area contributed by atoms with Gasteiger partial charge in [0.2, 0.25) is 0 Å². The molecule has 1 aromatic rings. The molecule has 4 heteroatoms. The standard InChI is InChI=1S/C16H28N2O2/c1-5-9-20-15-8-6-7-14(10-15)16(11-17)18(3)13(2)12-19-4/h6-8,10,13,16H,5,9,11-12,17H2,1-4H3. The van der Waals surface area contributed by atoms with Gasteiger partial charge >= 0.3 is 0 Å². The molecule has 20 heavy (non-hydrogen) atoms. The first-order chi connectivity index (χ1) is 9.63. The fraction of sp³-hybridized carbons (Fsp3) is 0.625. The van der Waals surface area contributed by atoms with Crippen LogP contribution >= 0.6 is 0 Å². The predicted octanol–water partition coefficient (Wildman–Crippen LogP) is 2.44. The summed E-state index contributed by atoms with van der Waals surface area (Å²) in [4.78, 5) is 2.25. The maximum atomic E-state index is 5.97. The lowest BCUT2D eigenvalue weighted by Crippen LogP contribution is -2.39. The molecule has 0 aliphatic rings. The van der Waals surface area contributed by atoms with Crippen molar-refractivity contribution in [2.45, 2.75) is 32.4 Å². The second kappa shape index (κ2) is 8.95. The van der Waals surface area contributed by atoms with E-state index >= 15 is 0 Å². The molecular formula is C16H28N2O2. The van der Waals surface area contributed by atoms with Gasteiger partial charge in [0.05, 0.1) is 13.2 Å². The van der Waals surface area contributed by atoms with E-state index in [1.54, 1.807) is 7.11 Å². The van der Waals surface area contributed by atoms with E-state index in [0.717, 1.165) is 18.8 Å². The smallest absolute Gasteiger partial charge is 0.119 e. The zero-order chi connectivity index (χ0) is 15.0. The van der Waals surface area contributed by atoms with Gasteiger partial charge < -0.3 is 15.2 Å². The van der Waals surface area contributed by atoms with E-state index in [2.05, 4.69) is 37.9 Å². The van der Waals surface area contributed by atoms with Crippen molar-refractivity contribution in [2.24, 2.45) is 5.73 Å². The Morgan fingerprint density at radius 1 is 1.35 bits per heavy atom. The van der Waals surface area contributed by atoms with Crippen LogP contribution in [0.5, 0.6) is 5.75 Å². The highest BCUT2D eigenvalue weighted by atomic mass is 16.5. The van der Waals surface area contributed by atoms with E-state index < -0.39 is 0 Å². The highest BCUT2D eigenvalue weighted by Crippen LogP contribution is 2.24. The number of nitrogens with zero attached hydrogens (tertiary/aromatic N) is 1. The fourth-order valence-electron chi connectivity index (χ4n) is 2.23. The van der Waals surface area contributed by atoms with Crippen molar-refractivity contribution in [3.8, 4) is 5.75 Å². The Hall–Kier alpha value is -1.10. The molecule has 0 fully saturated rings. The Kier molecular flexibility index (Phi) is 7.59. The second-order valence-electron chi connectivity index (χ2n) is 5.14. The van der Waals surface area contributed by atoms with Crippen LogP contribution in [-0.2, 0) is 4.74 Å². The molecule has 0 radical (unpaired) electrons. The first kappa shape index (κ1) is 17.0. The van der Waals surface area contributed by atoms with E-state index in [-0.39, 0.29) is 6.04 Å². The number of ether oxygens (including phenoxy) is 2. The van der Waals surface area contributed by atoms with Gasteiger partial charge in [-0.3, -0.25) is 4.90 Å². The van der Waals surface area contributed by atoms with Crippen LogP contribution in [0.4, 0.5) is 0 Å². The Morgan fingerprint density at radius 3 is 2.70 bits per heavy atom. The lowest BCUT2D eigenvalue weighted by Gasteiger charge is -2.32. The van der Waals surface area contributed by atoms with Gasteiger partial charge in [-0.25, -0.2) is 0 Å². The van der Waals surface area contributed by atoms with Gasteiger partial charge in [0.1, 0.15) is 5.75 Å². The molecule has 0 aliphatic carbocycles. The summed E-state index contributed by atoms with van der Waals surface area (Å²) in [6.45, 7) is 6.25. The molecule has 0 aromatic heterocycles. The minimum Gasteiger partial charge on any atom is -0.494 e. The molecule has 0 aliphatic heterocycles. The zero-order valence-corrected chi connectivity index (χ0v) is 13.1. The molecule has 0 saturated heterocycles. The van der Waals surface area contributed by atoms with Crippen LogP contribution < -0.4 is 10.5 Å². The van der Waals surface area contributed by atoms with Crippen LogP contribution in [0, 0.1) is 0 Å². The van der Waals surface area contributed by atoms with E-state index in [4.69, 9.17) is 15.2 Å². The van der Waals surface area contributed by atoms with Crippen molar-refractivity contribution in [2.75, 3.05) is 33.9 Å². The average molecular weight is 280 g/mol. The topological polar surface area (TPSA) is 47.7 Å². The molecule has 2 unspecified atom stereocenters. The molecule has 2 N–H and O–H groups in total. The van der Waals surface area contributed by atoms with Gasteiger partial charge in [-0.05, 0) is 38.1 Å². The summed E-state index contributed by atoms with van der Waals surface area (Å²) in [5.41, 5.74) is 7.15. The number of likely N-dealkylation sites (N-methyl/N-ethyl adjacent to an activating group) is 1. The lowest BCUT2D eigenvalue weighted by atomic mass is 10.0. The second-order valence-corrected chi connectivity index (χ2v) is 5.14. The van der Waals surface area contributed by atoms with E-state index in [9.17, 15) is 0 Å². The van der Waals surface area contributed by atoms with Crippen LogP contribution in [0.1, 0.15) is 31.9 Å². The largest absolute Gasteiger partial charge is 0.494 e. The van der Waals surface area contributed by atoms with Crippen LogP contribution in [-0.4, -0.2) is 44.9 Å². The summed E-state index contributed by atoms with van der Waals surface area (Å²) in [6, 6.07) is 8.69. The minimum atomic E-state index is 0.172. The molecule has 1 rings (SSSR count). The molecular weight excluding hydrogens is 252 g/mol. The van der Waals surface area contributed by atoms with Gasteiger partial charge in [0.25, 0.3) is 0 Å². The quantitative estimate of drug-likeness (QED) is 0.755. The van der Waals surface area contributed by atoms with Crippen molar-refractivity contribution in [1.29, 1.82) is 0 Å². The molecule has 0 heterocycles. The Labute approximate surface area is 122 Å². The molecule has 1 aromatic carbocycles. The molecule has 0 spiro atoms. The summed E-state index contributed by atoms with van der Waals surface area (Å²) in [5.74, 6) is 0.913. The summed E-state index contributed by atoms with van der Waals surface area (Å²) >= 11 is 0. The SMILES string of the molecule is CCCOc1cccc(C(CN)N(C)C(C)COC)c1. The number of hydrogen-bond donors (Lipinski definition) is 1. The van der Waals surface area contributed by atoms with Crippen LogP contribution in [0.2, 0.25) is 0 Å². The van der Waals surface area contributed by atoms with E-state index in [0.29, 0.717) is 19.2 Å². The lowest BCUT2D eigenvalue weighted by molar-refractivity contribution is 0.0909.